The zero-order chi connectivity index (χ0) is 13.6. The molecule has 1 N–H and O–H groups in total. The number of hydrogen-bond acceptors (Lipinski definition) is 3. The molecule has 0 fully saturated rings. The van der Waals surface area contributed by atoms with Gasteiger partial charge in [0.05, 0.1) is 18.0 Å². The molecule has 0 saturated heterocycles. The average molecular weight is 265 g/mol. The first kappa shape index (κ1) is 13.6. The minimum Gasteiger partial charge on any atom is -0.506 e. The highest BCUT2D eigenvalue weighted by Gasteiger charge is 2.41. The van der Waals surface area contributed by atoms with E-state index in [-0.39, 0.29) is 16.9 Å². The van der Waals surface area contributed by atoms with Gasteiger partial charge in [-0.3, -0.25) is 4.98 Å². The summed E-state index contributed by atoms with van der Waals surface area (Å²) in [5, 5.41) is 9.66. The third-order valence-electron chi connectivity index (χ3n) is 4.21. The first-order chi connectivity index (χ1) is 8.21. The molecule has 0 radical (unpaired) electrons. The van der Waals surface area contributed by atoms with Gasteiger partial charge in [0.2, 0.25) is 0 Å². The Kier molecular flexibility index (Phi) is 3.28. The van der Waals surface area contributed by atoms with Crippen molar-refractivity contribution in [1.29, 1.82) is 0 Å². The molecule has 4 heteroatoms. The van der Waals surface area contributed by atoms with Crippen LogP contribution >= 0.6 is 0 Å². The topological polar surface area (TPSA) is 42.4 Å². The highest BCUT2D eigenvalue weighted by Crippen LogP contribution is 2.43. The summed E-state index contributed by atoms with van der Waals surface area (Å²) in [7, 11) is -1.75. The number of aromatic hydroxyl groups is 1. The van der Waals surface area contributed by atoms with E-state index in [0.29, 0.717) is 0 Å². The SMILES string of the molecule is CC(C)(C)[Si](C)(C)OC1CCc2cc(O)cnc21. The van der Waals surface area contributed by atoms with Gasteiger partial charge < -0.3 is 9.53 Å². The van der Waals surface area contributed by atoms with Crippen molar-refractivity contribution in [3.63, 3.8) is 0 Å². The Morgan fingerprint density at radius 3 is 2.67 bits per heavy atom. The molecule has 0 aliphatic heterocycles. The van der Waals surface area contributed by atoms with Crippen LogP contribution in [0.25, 0.3) is 0 Å². The van der Waals surface area contributed by atoms with Crippen LogP contribution in [0.2, 0.25) is 18.1 Å². The number of pyridine rings is 1. The summed E-state index contributed by atoms with van der Waals surface area (Å²) in [6.45, 7) is 11.3. The van der Waals surface area contributed by atoms with Gasteiger partial charge in [-0.05, 0) is 42.6 Å². The Hall–Kier alpha value is -0.873. The number of hydrogen-bond donors (Lipinski definition) is 1. The van der Waals surface area contributed by atoms with E-state index in [4.69, 9.17) is 4.43 Å². The molecule has 100 valence electrons. The van der Waals surface area contributed by atoms with Crippen LogP contribution in [0.15, 0.2) is 12.3 Å². The van der Waals surface area contributed by atoms with Gasteiger partial charge >= 0.3 is 0 Å². The van der Waals surface area contributed by atoms with Gasteiger partial charge in [0, 0.05) is 0 Å². The van der Waals surface area contributed by atoms with Crippen molar-refractivity contribution in [3.8, 4) is 5.75 Å². The predicted molar refractivity (Wildman–Crippen MR) is 75.2 cm³/mol. The van der Waals surface area contributed by atoms with Gasteiger partial charge in [-0.25, -0.2) is 0 Å². The maximum atomic E-state index is 9.45. The molecule has 0 bridgehead atoms. The quantitative estimate of drug-likeness (QED) is 0.827. The fourth-order valence-electron chi connectivity index (χ4n) is 2.07. The first-order valence-electron chi connectivity index (χ1n) is 6.56. The molecule has 2 rings (SSSR count). The Morgan fingerprint density at radius 2 is 2.06 bits per heavy atom. The Balaban J connectivity index is 2.20. The van der Waals surface area contributed by atoms with Gasteiger partial charge in [0.1, 0.15) is 5.75 Å². The molecule has 0 amide bonds. The molecule has 0 aromatic carbocycles. The van der Waals surface area contributed by atoms with E-state index in [1.165, 1.54) is 6.20 Å². The number of nitrogens with zero attached hydrogens (tertiary/aromatic N) is 1. The summed E-state index contributed by atoms with van der Waals surface area (Å²) < 4.78 is 6.42. The van der Waals surface area contributed by atoms with E-state index in [2.05, 4.69) is 38.8 Å². The van der Waals surface area contributed by atoms with Crippen LogP contribution in [-0.2, 0) is 10.8 Å². The van der Waals surface area contributed by atoms with Crippen LogP contribution in [0.5, 0.6) is 5.75 Å². The Bertz CT molecular complexity index is 452. The highest BCUT2D eigenvalue weighted by molar-refractivity contribution is 6.74. The molecule has 0 saturated carbocycles. The van der Waals surface area contributed by atoms with Crippen molar-refractivity contribution >= 4 is 8.32 Å². The zero-order valence-electron chi connectivity index (χ0n) is 11.9. The van der Waals surface area contributed by atoms with Gasteiger partial charge in [-0.15, -0.1) is 0 Å². The molecule has 18 heavy (non-hydrogen) atoms. The van der Waals surface area contributed by atoms with E-state index >= 15 is 0 Å². The lowest BCUT2D eigenvalue weighted by molar-refractivity contribution is 0.181. The maximum absolute atomic E-state index is 9.45. The summed E-state index contributed by atoms with van der Waals surface area (Å²) in [4.78, 5) is 4.35. The molecule has 1 aliphatic rings. The lowest BCUT2D eigenvalue weighted by atomic mass is 10.2. The summed E-state index contributed by atoms with van der Waals surface area (Å²) in [6, 6.07) is 1.82. The number of fused-ring (bicyclic) bond motifs is 1. The minimum atomic E-state index is -1.75. The Labute approximate surface area is 110 Å². The van der Waals surface area contributed by atoms with Crippen LogP contribution in [-0.4, -0.2) is 18.4 Å². The van der Waals surface area contributed by atoms with Crippen molar-refractivity contribution in [2.24, 2.45) is 0 Å². The predicted octanol–water partition coefficient (Wildman–Crippen LogP) is 3.80. The van der Waals surface area contributed by atoms with Gasteiger partial charge in [0.25, 0.3) is 0 Å². The second-order valence-corrected chi connectivity index (χ2v) is 11.4. The molecule has 1 heterocycles. The Morgan fingerprint density at radius 1 is 1.39 bits per heavy atom. The molecule has 0 spiro atoms. The summed E-state index contributed by atoms with van der Waals surface area (Å²) in [6.07, 6.45) is 3.57. The zero-order valence-corrected chi connectivity index (χ0v) is 12.9. The molecular weight excluding hydrogens is 242 g/mol. The molecule has 1 atom stereocenters. The maximum Gasteiger partial charge on any atom is 0.192 e. The lowest BCUT2D eigenvalue weighted by Gasteiger charge is -2.38. The first-order valence-corrected chi connectivity index (χ1v) is 9.47. The summed E-state index contributed by atoms with van der Waals surface area (Å²) in [5.41, 5.74) is 2.16. The van der Waals surface area contributed by atoms with Crippen LogP contribution < -0.4 is 0 Å². The van der Waals surface area contributed by atoms with Crippen LogP contribution in [0.4, 0.5) is 0 Å². The van der Waals surface area contributed by atoms with E-state index < -0.39 is 8.32 Å². The number of aromatic nitrogens is 1. The van der Waals surface area contributed by atoms with E-state index in [1.54, 1.807) is 0 Å². The molecule has 1 aromatic rings. The summed E-state index contributed by atoms with van der Waals surface area (Å²) >= 11 is 0. The average Bonchev–Trinajstić information content (AvgIpc) is 2.58. The van der Waals surface area contributed by atoms with Crippen molar-refractivity contribution in [2.45, 2.75) is 57.8 Å². The second-order valence-electron chi connectivity index (χ2n) is 6.64. The van der Waals surface area contributed by atoms with Crippen LogP contribution in [0.3, 0.4) is 0 Å². The number of rotatable bonds is 2. The largest absolute Gasteiger partial charge is 0.506 e. The number of aryl methyl sites for hydroxylation is 1. The van der Waals surface area contributed by atoms with Gasteiger partial charge in [0.15, 0.2) is 8.32 Å². The fraction of sp³-hybridized carbons (Fsp3) is 0.643. The van der Waals surface area contributed by atoms with E-state index in [0.717, 1.165) is 24.1 Å². The molecule has 1 aliphatic carbocycles. The van der Waals surface area contributed by atoms with Crippen molar-refractivity contribution < 1.29 is 9.53 Å². The monoisotopic (exact) mass is 265 g/mol. The third kappa shape index (κ3) is 2.45. The van der Waals surface area contributed by atoms with Crippen molar-refractivity contribution in [1.82, 2.24) is 4.98 Å². The minimum absolute atomic E-state index is 0.112. The third-order valence-corrected chi connectivity index (χ3v) is 8.70. The fourth-order valence-corrected chi connectivity index (χ4v) is 3.36. The van der Waals surface area contributed by atoms with Gasteiger partial charge in [-0.2, -0.15) is 0 Å². The lowest BCUT2D eigenvalue weighted by Crippen LogP contribution is -2.41. The second kappa shape index (κ2) is 4.35. The molecular formula is C14H23NO2Si. The van der Waals surface area contributed by atoms with Gasteiger partial charge in [-0.1, -0.05) is 20.8 Å². The van der Waals surface area contributed by atoms with Crippen LogP contribution in [0, 0.1) is 0 Å². The van der Waals surface area contributed by atoms with Crippen molar-refractivity contribution in [2.75, 3.05) is 0 Å². The summed E-state index contributed by atoms with van der Waals surface area (Å²) in [5.74, 6) is 0.252. The molecule has 1 unspecified atom stereocenters. The van der Waals surface area contributed by atoms with E-state index in [9.17, 15) is 5.11 Å². The molecule has 3 nitrogen and oxygen atoms in total. The highest BCUT2D eigenvalue weighted by atomic mass is 28.4. The van der Waals surface area contributed by atoms with Crippen molar-refractivity contribution in [3.05, 3.63) is 23.5 Å². The van der Waals surface area contributed by atoms with Crippen LogP contribution in [0.1, 0.15) is 44.6 Å². The normalized spacial score (nSPS) is 19.9. The molecule has 1 aromatic heterocycles. The standard InChI is InChI=1S/C14H23NO2Si/c1-14(2,3)18(4,5)17-12-7-6-10-8-11(16)9-15-13(10)12/h8-9,12,16H,6-7H2,1-5H3. The smallest absolute Gasteiger partial charge is 0.192 e. The van der Waals surface area contributed by atoms with E-state index in [1.807, 2.05) is 6.07 Å².